The van der Waals surface area contributed by atoms with Crippen LogP contribution in [-0.4, -0.2) is 11.0 Å². The molecule has 0 aliphatic heterocycles. The van der Waals surface area contributed by atoms with Gasteiger partial charge in [-0.2, -0.15) is 13.2 Å². The second kappa shape index (κ2) is 5.16. The van der Waals surface area contributed by atoms with Crippen LogP contribution < -0.4 is 5.32 Å². The molecule has 18 heavy (non-hydrogen) atoms. The number of pyridine rings is 1. The summed E-state index contributed by atoms with van der Waals surface area (Å²) in [4.78, 5) is 3.97. The van der Waals surface area contributed by atoms with Crippen molar-refractivity contribution in [1.82, 2.24) is 4.98 Å². The number of anilines is 1. The maximum Gasteiger partial charge on any atom is 0.416 e. The van der Waals surface area contributed by atoms with Crippen LogP contribution in [0.25, 0.3) is 0 Å². The number of alkyl halides is 3. The minimum Gasteiger partial charge on any atom is -0.367 e. The van der Waals surface area contributed by atoms with E-state index in [1.165, 1.54) is 12.6 Å². The molecule has 5 heteroatoms. The third kappa shape index (κ3) is 3.15. The highest BCUT2D eigenvalue weighted by molar-refractivity contribution is 5.39. The van der Waals surface area contributed by atoms with E-state index in [1.807, 2.05) is 0 Å². The smallest absolute Gasteiger partial charge is 0.367 e. The van der Waals surface area contributed by atoms with Gasteiger partial charge in [0.1, 0.15) is 5.82 Å². The SMILES string of the molecule is CC1CCCCC1Nc1cc(C(F)(F)F)ccn1. The molecule has 0 saturated heterocycles. The van der Waals surface area contributed by atoms with Crippen LogP contribution in [0.1, 0.15) is 38.2 Å². The summed E-state index contributed by atoms with van der Waals surface area (Å²) in [7, 11) is 0. The number of aromatic nitrogens is 1. The largest absolute Gasteiger partial charge is 0.416 e. The molecule has 1 aliphatic carbocycles. The first kappa shape index (κ1) is 13.2. The molecule has 2 atom stereocenters. The van der Waals surface area contributed by atoms with E-state index in [0.29, 0.717) is 11.7 Å². The molecule has 0 radical (unpaired) electrons. The second-order valence-electron chi connectivity index (χ2n) is 4.94. The van der Waals surface area contributed by atoms with E-state index in [4.69, 9.17) is 0 Å². The maximum absolute atomic E-state index is 12.6. The van der Waals surface area contributed by atoms with Crippen molar-refractivity contribution in [2.45, 2.75) is 44.8 Å². The summed E-state index contributed by atoms with van der Waals surface area (Å²) in [6.07, 6.45) is 1.35. The first-order valence-corrected chi connectivity index (χ1v) is 6.26. The molecule has 0 amide bonds. The van der Waals surface area contributed by atoms with Crippen LogP contribution >= 0.6 is 0 Å². The van der Waals surface area contributed by atoms with Gasteiger partial charge in [0.15, 0.2) is 0 Å². The average Bonchev–Trinajstić information content (AvgIpc) is 2.31. The Balaban J connectivity index is 2.09. The van der Waals surface area contributed by atoms with Crippen molar-refractivity contribution >= 4 is 5.82 Å². The molecule has 100 valence electrons. The van der Waals surface area contributed by atoms with Gasteiger partial charge in [-0.1, -0.05) is 19.8 Å². The van der Waals surface area contributed by atoms with Gasteiger partial charge >= 0.3 is 6.18 Å². The highest BCUT2D eigenvalue weighted by Crippen LogP contribution is 2.31. The fraction of sp³-hybridized carbons (Fsp3) is 0.615. The van der Waals surface area contributed by atoms with Gasteiger partial charge in [0.05, 0.1) is 5.56 Å². The molecule has 0 spiro atoms. The number of nitrogens with one attached hydrogen (secondary N) is 1. The molecule has 1 heterocycles. The summed E-state index contributed by atoms with van der Waals surface area (Å²) in [5.41, 5.74) is -0.650. The Hall–Kier alpha value is -1.26. The lowest BCUT2D eigenvalue weighted by Crippen LogP contribution is -2.30. The number of halogens is 3. The molecule has 1 aromatic rings. The van der Waals surface area contributed by atoms with Crippen molar-refractivity contribution in [3.8, 4) is 0 Å². The number of hydrogen-bond donors (Lipinski definition) is 1. The summed E-state index contributed by atoms with van der Waals surface area (Å²) in [6.45, 7) is 2.13. The van der Waals surface area contributed by atoms with Crippen molar-refractivity contribution in [2.75, 3.05) is 5.32 Å². The second-order valence-corrected chi connectivity index (χ2v) is 4.94. The molecule has 1 N–H and O–H groups in total. The fourth-order valence-electron chi connectivity index (χ4n) is 2.41. The topological polar surface area (TPSA) is 24.9 Å². The normalized spacial score (nSPS) is 24.9. The molecule has 0 bridgehead atoms. The summed E-state index contributed by atoms with van der Waals surface area (Å²) in [5, 5.41) is 3.13. The molecule has 1 aliphatic rings. The van der Waals surface area contributed by atoms with Crippen LogP contribution in [0, 0.1) is 5.92 Å². The lowest BCUT2D eigenvalue weighted by molar-refractivity contribution is -0.137. The highest BCUT2D eigenvalue weighted by atomic mass is 19.4. The van der Waals surface area contributed by atoms with Crippen LogP contribution in [0.15, 0.2) is 18.3 Å². The summed E-state index contributed by atoms with van der Waals surface area (Å²) in [6, 6.07) is 2.31. The highest BCUT2D eigenvalue weighted by Gasteiger charge is 2.31. The van der Waals surface area contributed by atoms with Gasteiger partial charge in [-0.15, -0.1) is 0 Å². The van der Waals surface area contributed by atoms with E-state index in [9.17, 15) is 13.2 Å². The zero-order valence-electron chi connectivity index (χ0n) is 10.3. The zero-order chi connectivity index (χ0) is 13.2. The van der Waals surface area contributed by atoms with E-state index < -0.39 is 11.7 Å². The molecule has 0 aromatic carbocycles. The van der Waals surface area contributed by atoms with Gasteiger partial charge in [-0.25, -0.2) is 4.98 Å². The monoisotopic (exact) mass is 258 g/mol. The maximum atomic E-state index is 12.6. The Labute approximate surface area is 105 Å². The number of nitrogens with zero attached hydrogens (tertiary/aromatic N) is 1. The van der Waals surface area contributed by atoms with Crippen molar-refractivity contribution < 1.29 is 13.2 Å². The van der Waals surface area contributed by atoms with Crippen LogP contribution in [-0.2, 0) is 6.18 Å². The molecular weight excluding hydrogens is 241 g/mol. The summed E-state index contributed by atoms with van der Waals surface area (Å²) < 4.78 is 37.7. The van der Waals surface area contributed by atoms with Gasteiger partial charge in [0.25, 0.3) is 0 Å². The standard InChI is InChI=1S/C13H17F3N2/c1-9-4-2-3-5-11(9)18-12-8-10(6-7-17-12)13(14,15)16/h6-9,11H,2-5H2,1H3,(H,17,18). The minimum atomic E-state index is -4.31. The lowest BCUT2D eigenvalue weighted by Gasteiger charge is -2.30. The van der Waals surface area contributed by atoms with E-state index in [2.05, 4.69) is 17.2 Å². The van der Waals surface area contributed by atoms with E-state index in [0.717, 1.165) is 31.4 Å². The molecule has 1 saturated carbocycles. The predicted octanol–water partition coefficient (Wildman–Crippen LogP) is 4.09. The van der Waals surface area contributed by atoms with Gasteiger partial charge in [-0.3, -0.25) is 0 Å². The summed E-state index contributed by atoms with van der Waals surface area (Å²) >= 11 is 0. The predicted molar refractivity (Wildman–Crippen MR) is 64.3 cm³/mol. The van der Waals surface area contributed by atoms with E-state index >= 15 is 0 Å². The van der Waals surface area contributed by atoms with Crippen molar-refractivity contribution in [3.05, 3.63) is 23.9 Å². The Kier molecular flexibility index (Phi) is 3.78. The molecule has 2 rings (SSSR count). The van der Waals surface area contributed by atoms with Crippen LogP contribution in [0.5, 0.6) is 0 Å². The minimum absolute atomic E-state index is 0.231. The van der Waals surface area contributed by atoms with Crippen molar-refractivity contribution in [1.29, 1.82) is 0 Å². The van der Waals surface area contributed by atoms with Gasteiger partial charge in [0.2, 0.25) is 0 Å². The van der Waals surface area contributed by atoms with Gasteiger partial charge in [0, 0.05) is 12.2 Å². The fourth-order valence-corrected chi connectivity index (χ4v) is 2.41. The quantitative estimate of drug-likeness (QED) is 0.864. The zero-order valence-corrected chi connectivity index (χ0v) is 10.3. The Morgan fingerprint density at radius 3 is 2.67 bits per heavy atom. The van der Waals surface area contributed by atoms with Gasteiger partial charge < -0.3 is 5.32 Å². The summed E-state index contributed by atoms with van der Waals surface area (Å²) in [5.74, 6) is 0.804. The molecule has 1 aromatic heterocycles. The Bertz CT molecular complexity index is 403. The first-order chi connectivity index (χ1) is 8.47. The van der Waals surface area contributed by atoms with Crippen LogP contribution in [0.4, 0.5) is 19.0 Å². The molecular formula is C13H17F3N2. The Morgan fingerprint density at radius 2 is 2.00 bits per heavy atom. The lowest BCUT2D eigenvalue weighted by atomic mass is 9.86. The van der Waals surface area contributed by atoms with Crippen molar-refractivity contribution in [2.24, 2.45) is 5.92 Å². The Morgan fingerprint density at radius 1 is 1.28 bits per heavy atom. The average molecular weight is 258 g/mol. The van der Waals surface area contributed by atoms with Crippen molar-refractivity contribution in [3.63, 3.8) is 0 Å². The number of rotatable bonds is 2. The first-order valence-electron chi connectivity index (χ1n) is 6.26. The molecule has 2 unspecified atom stereocenters. The van der Waals surface area contributed by atoms with Crippen LogP contribution in [0.3, 0.4) is 0 Å². The molecule has 2 nitrogen and oxygen atoms in total. The van der Waals surface area contributed by atoms with Crippen LogP contribution in [0.2, 0.25) is 0 Å². The van der Waals surface area contributed by atoms with E-state index in [-0.39, 0.29) is 6.04 Å². The van der Waals surface area contributed by atoms with E-state index in [1.54, 1.807) is 0 Å². The number of hydrogen-bond acceptors (Lipinski definition) is 2. The third-order valence-corrected chi connectivity index (χ3v) is 3.53. The third-order valence-electron chi connectivity index (χ3n) is 3.53. The van der Waals surface area contributed by atoms with Gasteiger partial charge in [-0.05, 0) is 30.9 Å². The molecule has 1 fully saturated rings.